The Kier molecular flexibility index (Phi) is 2.10. The number of hydrogen-bond donors (Lipinski definition) is 1. The lowest BCUT2D eigenvalue weighted by Gasteiger charge is -2.47. The third kappa shape index (κ3) is 1.67. The minimum absolute atomic E-state index is 0.474. The molecular formula is C11H17N3. The van der Waals surface area contributed by atoms with Crippen molar-refractivity contribution in [2.24, 2.45) is 5.41 Å². The smallest absolute Gasteiger partial charge is 0.125 e. The third-order valence-corrected chi connectivity index (χ3v) is 2.61. The first-order chi connectivity index (χ1) is 6.61. The number of nitrogens with zero attached hydrogens (tertiary/aromatic N) is 2. The molecule has 0 unspecified atom stereocenters. The Morgan fingerprint density at radius 2 is 2.07 bits per heavy atom. The first-order valence-corrected chi connectivity index (χ1v) is 4.99. The van der Waals surface area contributed by atoms with Gasteiger partial charge in [-0.05, 0) is 17.5 Å². The van der Waals surface area contributed by atoms with Crippen LogP contribution in [0.25, 0.3) is 0 Å². The first kappa shape index (κ1) is 9.31. The fourth-order valence-electron chi connectivity index (χ4n) is 1.89. The average Bonchev–Trinajstić information content (AvgIpc) is 2.14. The molecule has 1 fully saturated rings. The Balaban J connectivity index is 2.05. The summed E-state index contributed by atoms with van der Waals surface area (Å²) in [7, 11) is 1.88. The fraction of sp³-hybridized carbons (Fsp3) is 0.545. The third-order valence-electron chi connectivity index (χ3n) is 2.61. The van der Waals surface area contributed by atoms with Crippen LogP contribution in [0.3, 0.4) is 0 Å². The van der Waals surface area contributed by atoms with Crippen LogP contribution in [0.2, 0.25) is 0 Å². The lowest BCUT2D eigenvalue weighted by molar-refractivity contribution is 0.276. The van der Waals surface area contributed by atoms with E-state index in [1.165, 1.54) is 5.69 Å². The van der Waals surface area contributed by atoms with Crippen LogP contribution in [0.15, 0.2) is 18.3 Å². The number of nitrogens with one attached hydrogen (secondary N) is 1. The fourth-order valence-corrected chi connectivity index (χ4v) is 1.89. The van der Waals surface area contributed by atoms with Crippen molar-refractivity contribution in [2.45, 2.75) is 13.8 Å². The maximum atomic E-state index is 4.30. The summed E-state index contributed by atoms with van der Waals surface area (Å²) in [6, 6.07) is 4.13. The molecule has 1 saturated heterocycles. The summed E-state index contributed by atoms with van der Waals surface area (Å²) in [5.74, 6) is 0.925. The Morgan fingerprint density at radius 3 is 2.50 bits per heavy atom. The van der Waals surface area contributed by atoms with Crippen molar-refractivity contribution in [3.05, 3.63) is 18.3 Å². The molecule has 0 aromatic carbocycles. The zero-order valence-corrected chi connectivity index (χ0v) is 9.04. The van der Waals surface area contributed by atoms with E-state index in [4.69, 9.17) is 0 Å². The van der Waals surface area contributed by atoms with Crippen LogP contribution in [0.1, 0.15) is 13.8 Å². The van der Waals surface area contributed by atoms with E-state index < -0.39 is 0 Å². The molecule has 1 aromatic heterocycles. The van der Waals surface area contributed by atoms with Gasteiger partial charge >= 0.3 is 0 Å². The lowest BCUT2D eigenvalue weighted by Crippen LogP contribution is -2.53. The Hall–Kier alpha value is -1.25. The van der Waals surface area contributed by atoms with Crippen molar-refractivity contribution in [3.63, 3.8) is 0 Å². The standard InChI is InChI=1S/C11H17N3/c1-11(2)7-14(8-11)9-4-5-10(12-3)13-6-9/h4-6H,7-8H2,1-3H3,(H,12,13). The molecule has 76 valence electrons. The van der Waals surface area contributed by atoms with Crippen molar-refractivity contribution in [2.75, 3.05) is 30.4 Å². The van der Waals surface area contributed by atoms with Gasteiger partial charge in [0, 0.05) is 20.1 Å². The van der Waals surface area contributed by atoms with Gasteiger partial charge in [0.25, 0.3) is 0 Å². The van der Waals surface area contributed by atoms with Crippen LogP contribution in [0, 0.1) is 5.41 Å². The molecule has 14 heavy (non-hydrogen) atoms. The highest BCUT2D eigenvalue weighted by molar-refractivity contribution is 5.51. The second-order valence-electron chi connectivity index (χ2n) is 4.67. The van der Waals surface area contributed by atoms with Crippen LogP contribution in [-0.4, -0.2) is 25.1 Å². The average molecular weight is 191 g/mol. The topological polar surface area (TPSA) is 28.2 Å². The highest BCUT2D eigenvalue weighted by Gasteiger charge is 2.34. The monoisotopic (exact) mass is 191 g/mol. The predicted octanol–water partition coefficient (Wildman–Crippen LogP) is 1.97. The summed E-state index contributed by atoms with van der Waals surface area (Å²) in [6.45, 7) is 6.85. The van der Waals surface area contributed by atoms with Crippen LogP contribution in [0.4, 0.5) is 11.5 Å². The van der Waals surface area contributed by atoms with Crippen LogP contribution in [-0.2, 0) is 0 Å². The second kappa shape index (κ2) is 3.15. The maximum absolute atomic E-state index is 4.30. The quantitative estimate of drug-likeness (QED) is 0.774. The summed E-state index contributed by atoms with van der Waals surface area (Å²) in [5, 5.41) is 3.02. The van der Waals surface area contributed by atoms with E-state index in [9.17, 15) is 0 Å². The molecule has 0 amide bonds. The van der Waals surface area contributed by atoms with E-state index in [0.29, 0.717) is 5.41 Å². The van der Waals surface area contributed by atoms with Crippen molar-refractivity contribution >= 4 is 11.5 Å². The van der Waals surface area contributed by atoms with E-state index >= 15 is 0 Å². The van der Waals surface area contributed by atoms with Crippen LogP contribution >= 0.6 is 0 Å². The van der Waals surface area contributed by atoms with Crippen molar-refractivity contribution < 1.29 is 0 Å². The molecule has 0 atom stereocenters. The number of hydrogen-bond acceptors (Lipinski definition) is 3. The number of aromatic nitrogens is 1. The number of pyridine rings is 1. The molecule has 1 aliphatic rings. The Bertz CT molecular complexity index is 308. The summed E-state index contributed by atoms with van der Waals surface area (Å²) in [5.41, 5.74) is 1.70. The molecule has 1 N–H and O–H groups in total. The summed E-state index contributed by atoms with van der Waals surface area (Å²) in [4.78, 5) is 6.65. The van der Waals surface area contributed by atoms with E-state index in [0.717, 1.165) is 18.9 Å². The Morgan fingerprint density at radius 1 is 1.36 bits per heavy atom. The van der Waals surface area contributed by atoms with Crippen molar-refractivity contribution in [3.8, 4) is 0 Å². The molecule has 1 aliphatic heterocycles. The van der Waals surface area contributed by atoms with Gasteiger partial charge < -0.3 is 10.2 Å². The van der Waals surface area contributed by atoms with Gasteiger partial charge in [-0.25, -0.2) is 4.98 Å². The van der Waals surface area contributed by atoms with E-state index in [-0.39, 0.29) is 0 Å². The SMILES string of the molecule is CNc1ccc(N2CC(C)(C)C2)cn1. The van der Waals surface area contributed by atoms with Gasteiger partial charge in [-0.2, -0.15) is 0 Å². The zero-order valence-electron chi connectivity index (χ0n) is 9.04. The first-order valence-electron chi connectivity index (χ1n) is 4.99. The van der Waals surface area contributed by atoms with Crippen LogP contribution < -0.4 is 10.2 Å². The molecule has 2 rings (SSSR count). The Labute approximate surface area is 85.1 Å². The van der Waals surface area contributed by atoms with Crippen molar-refractivity contribution in [1.29, 1.82) is 0 Å². The highest BCUT2D eigenvalue weighted by Crippen LogP contribution is 2.32. The molecule has 3 nitrogen and oxygen atoms in total. The zero-order chi connectivity index (χ0) is 10.2. The predicted molar refractivity (Wildman–Crippen MR) is 59.8 cm³/mol. The van der Waals surface area contributed by atoms with Gasteiger partial charge in [0.2, 0.25) is 0 Å². The van der Waals surface area contributed by atoms with Gasteiger partial charge in [0.05, 0.1) is 11.9 Å². The second-order valence-corrected chi connectivity index (χ2v) is 4.67. The van der Waals surface area contributed by atoms with Crippen molar-refractivity contribution in [1.82, 2.24) is 4.98 Å². The number of anilines is 2. The normalized spacial score (nSPS) is 18.9. The van der Waals surface area contributed by atoms with Gasteiger partial charge in [0.15, 0.2) is 0 Å². The maximum Gasteiger partial charge on any atom is 0.125 e. The van der Waals surface area contributed by atoms with Crippen LogP contribution in [0.5, 0.6) is 0 Å². The van der Waals surface area contributed by atoms with Gasteiger partial charge in [-0.3, -0.25) is 0 Å². The molecular weight excluding hydrogens is 174 g/mol. The molecule has 1 aromatic rings. The molecule has 3 heteroatoms. The van der Waals surface area contributed by atoms with Gasteiger partial charge in [-0.15, -0.1) is 0 Å². The summed E-state index contributed by atoms with van der Waals surface area (Å²) in [6.07, 6.45) is 1.93. The summed E-state index contributed by atoms with van der Waals surface area (Å²) < 4.78 is 0. The lowest BCUT2D eigenvalue weighted by atomic mass is 9.84. The van der Waals surface area contributed by atoms with E-state index in [1.54, 1.807) is 0 Å². The molecule has 0 radical (unpaired) electrons. The minimum atomic E-state index is 0.474. The van der Waals surface area contributed by atoms with Gasteiger partial charge in [-0.1, -0.05) is 13.8 Å². The number of rotatable bonds is 2. The van der Waals surface area contributed by atoms with E-state index in [2.05, 4.69) is 35.1 Å². The largest absolute Gasteiger partial charge is 0.373 e. The molecule has 2 heterocycles. The molecule has 0 spiro atoms. The molecule has 0 saturated carbocycles. The highest BCUT2D eigenvalue weighted by atomic mass is 15.2. The molecule has 0 bridgehead atoms. The minimum Gasteiger partial charge on any atom is -0.373 e. The molecule has 0 aliphatic carbocycles. The van der Waals surface area contributed by atoms with E-state index in [1.807, 2.05) is 19.3 Å². The summed E-state index contributed by atoms with van der Waals surface area (Å²) >= 11 is 0. The van der Waals surface area contributed by atoms with Gasteiger partial charge in [0.1, 0.15) is 5.82 Å².